The van der Waals surface area contributed by atoms with Crippen molar-refractivity contribution in [2.24, 2.45) is 5.92 Å². The molecule has 0 aliphatic rings. The monoisotopic (exact) mass is 337 g/mol. The molecule has 5 heteroatoms. The Morgan fingerprint density at radius 2 is 1.88 bits per heavy atom. The van der Waals surface area contributed by atoms with Crippen LogP contribution in [-0.2, 0) is 11.2 Å². The third kappa shape index (κ3) is 3.99. The lowest BCUT2D eigenvalue weighted by Crippen LogP contribution is -2.33. The van der Waals surface area contributed by atoms with Crippen LogP contribution in [0.2, 0.25) is 0 Å². The maximum absolute atomic E-state index is 12.5. The summed E-state index contributed by atoms with van der Waals surface area (Å²) in [4.78, 5) is 20.4. The summed E-state index contributed by atoms with van der Waals surface area (Å²) < 4.78 is 5.14. The zero-order chi connectivity index (χ0) is 17.8. The van der Waals surface area contributed by atoms with Crippen molar-refractivity contribution < 1.29 is 9.53 Å². The zero-order valence-corrected chi connectivity index (χ0v) is 14.7. The van der Waals surface area contributed by atoms with Crippen molar-refractivity contribution in [1.29, 1.82) is 0 Å². The molecule has 0 radical (unpaired) electrons. The van der Waals surface area contributed by atoms with Crippen LogP contribution in [0.3, 0.4) is 0 Å². The third-order valence-electron chi connectivity index (χ3n) is 4.21. The second-order valence-electron chi connectivity index (χ2n) is 6.45. The second-order valence-corrected chi connectivity index (χ2v) is 6.45. The quantitative estimate of drug-likeness (QED) is 0.722. The number of benzene rings is 2. The van der Waals surface area contributed by atoms with E-state index in [9.17, 15) is 4.79 Å². The predicted molar refractivity (Wildman–Crippen MR) is 98.5 cm³/mol. The molecule has 25 heavy (non-hydrogen) atoms. The standard InChI is InChI=1S/C20H23N3O2/c1-13(2)19(20-21-16-6-4-5-7-17(16)22-20)23-18(24)12-14-8-10-15(25-3)11-9-14/h4-11,13,19H,12H2,1-3H3,(H,21,22)(H,23,24). The lowest BCUT2D eigenvalue weighted by atomic mass is 10.0. The second kappa shape index (κ2) is 7.38. The average molecular weight is 337 g/mol. The summed E-state index contributed by atoms with van der Waals surface area (Å²) in [6.07, 6.45) is 0.327. The summed E-state index contributed by atoms with van der Waals surface area (Å²) in [5.74, 6) is 1.77. The van der Waals surface area contributed by atoms with Gasteiger partial charge in [0.05, 0.1) is 30.6 Å². The fourth-order valence-electron chi connectivity index (χ4n) is 2.82. The third-order valence-corrected chi connectivity index (χ3v) is 4.21. The average Bonchev–Trinajstić information content (AvgIpc) is 3.03. The summed E-state index contributed by atoms with van der Waals surface area (Å²) in [6.45, 7) is 4.15. The Hall–Kier alpha value is -2.82. The van der Waals surface area contributed by atoms with Gasteiger partial charge in [-0.2, -0.15) is 0 Å². The highest BCUT2D eigenvalue weighted by atomic mass is 16.5. The first kappa shape index (κ1) is 17.0. The van der Waals surface area contributed by atoms with Crippen molar-refractivity contribution in [3.8, 4) is 5.75 Å². The molecule has 3 rings (SSSR count). The van der Waals surface area contributed by atoms with Crippen molar-refractivity contribution in [2.75, 3.05) is 7.11 Å². The molecule has 1 atom stereocenters. The minimum absolute atomic E-state index is 0.0238. The van der Waals surface area contributed by atoms with Gasteiger partial charge in [0.25, 0.3) is 0 Å². The van der Waals surface area contributed by atoms with Crippen LogP contribution in [0.4, 0.5) is 0 Å². The largest absolute Gasteiger partial charge is 0.497 e. The van der Waals surface area contributed by atoms with Crippen LogP contribution in [0.5, 0.6) is 5.75 Å². The molecule has 0 spiro atoms. The molecule has 0 bridgehead atoms. The number of rotatable bonds is 6. The summed E-state index contributed by atoms with van der Waals surface area (Å²) >= 11 is 0. The predicted octanol–water partition coefficient (Wildman–Crippen LogP) is 3.63. The normalized spacial score (nSPS) is 12.3. The minimum atomic E-state index is -0.154. The number of methoxy groups -OCH3 is 1. The summed E-state index contributed by atoms with van der Waals surface area (Å²) in [5, 5.41) is 3.11. The highest BCUT2D eigenvalue weighted by molar-refractivity contribution is 5.79. The van der Waals surface area contributed by atoms with E-state index in [0.29, 0.717) is 6.42 Å². The number of imidazole rings is 1. The Morgan fingerprint density at radius 1 is 1.16 bits per heavy atom. The molecule has 0 fully saturated rings. The summed E-state index contributed by atoms with van der Waals surface area (Å²) in [6, 6.07) is 15.3. The Balaban J connectivity index is 1.73. The van der Waals surface area contributed by atoms with Gasteiger partial charge >= 0.3 is 0 Å². The van der Waals surface area contributed by atoms with Crippen LogP contribution >= 0.6 is 0 Å². The molecule has 1 unspecified atom stereocenters. The number of fused-ring (bicyclic) bond motifs is 1. The van der Waals surface area contributed by atoms with Crippen LogP contribution in [0.25, 0.3) is 11.0 Å². The molecule has 2 N–H and O–H groups in total. The number of nitrogens with one attached hydrogen (secondary N) is 2. The van der Waals surface area contributed by atoms with Gasteiger partial charge in [-0.25, -0.2) is 4.98 Å². The maximum atomic E-state index is 12.5. The number of H-pyrrole nitrogens is 1. The van der Waals surface area contributed by atoms with E-state index in [0.717, 1.165) is 28.2 Å². The summed E-state index contributed by atoms with van der Waals surface area (Å²) in [5.41, 5.74) is 2.84. The van der Waals surface area contributed by atoms with Gasteiger partial charge in [0.15, 0.2) is 0 Å². The number of hydrogen-bond donors (Lipinski definition) is 2. The highest BCUT2D eigenvalue weighted by Crippen LogP contribution is 2.22. The Morgan fingerprint density at radius 3 is 2.52 bits per heavy atom. The van der Waals surface area contributed by atoms with E-state index in [1.807, 2.05) is 48.5 Å². The molecular formula is C20H23N3O2. The van der Waals surface area contributed by atoms with Crippen LogP contribution in [0.1, 0.15) is 31.3 Å². The zero-order valence-electron chi connectivity index (χ0n) is 14.7. The van der Waals surface area contributed by atoms with E-state index < -0.39 is 0 Å². The first-order valence-corrected chi connectivity index (χ1v) is 8.43. The number of amides is 1. The number of nitrogens with zero attached hydrogens (tertiary/aromatic N) is 1. The number of hydrogen-bond acceptors (Lipinski definition) is 3. The van der Waals surface area contributed by atoms with Gasteiger partial charge in [0, 0.05) is 0 Å². The minimum Gasteiger partial charge on any atom is -0.497 e. The number of para-hydroxylation sites is 2. The number of ether oxygens (including phenoxy) is 1. The van der Waals surface area contributed by atoms with E-state index in [-0.39, 0.29) is 17.9 Å². The molecule has 1 amide bonds. The molecule has 130 valence electrons. The fraction of sp³-hybridized carbons (Fsp3) is 0.300. The first-order valence-electron chi connectivity index (χ1n) is 8.43. The van der Waals surface area contributed by atoms with Crippen molar-refractivity contribution >= 4 is 16.9 Å². The Kier molecular flexibility index (Phi) is 5.03. The Labute approximate surface area is 147 Å². The van der Waals surface area contributed by atoms with Gasteiger partial charge in [0.2, 0.25) is 5.91 Å². The van der Waals surface area contributed by atoms with Gasteiger partial charge in [-0.1, -0.05) is 38.1 Å². The van der Waals surface area contributed by atoms with E-state index >= 15 is 0 Å². The van der Waals surface area contributed by atoms with E-state index in [1.54, 1.807) is 7.11 Å². The molecule has 0 aliphatic carbocycles. The maximum Gasteiger partial charge on any atom is 0.225 e. The van der Waals surface area contributed by atoms with Gasteiger partial charge in [-0.3, -0.25) is 4.79 Å². The molecule has 0 saturated heterocycles. The first-order chi connectivity index (χ1) is 12.1. The molecule has 1 heterocycles. The topological polar surface area (TPSA) is 67.0 Å². The van der Waals surface area contributed by atoms with E-state index in [1.165, 1.54) is 0 Å². The number of carbonyl (C=O) groups is 1. The number of aromatic nitrogens is 2. The van der Waals surface area contributed by atoms with Crippen LogP contribution in [0.15, 0.2) is 48.5 Å². The molecule has 5 nitrogen and oxygen atoms in total. The number of carbonyl (C=O) groups excluding carboxylic acids is 1. The number of aromatic amines is 1. The van der Waals surface area contributed by atoms with Gasteiger partial charge < -0.3 is 15.0 Å². The molecule has 3 aromatic rings. The van der Waals surface area contributed by atoms with Crippen molar-refractivity contribution in [3.63, 3.8) is 0 Å². The fourth-order valence-corrected chi connectivity index (χ4v) is 2.82. The van der Waals surface area contributed by atoms with Crippen molar-refractivity contribution in [3.05, 3.63) is 59.9 Å². The van der Waals surface area contributed by atoms with Crippen LogP contribution in [0, 0.1) is 5.92 Å². The molecule has 0 saturated carbocycles. The Bertz CT molecular complexity index is 820. The lowest BCUT2D eigenvalue weighted by molar-refractivity contribution is -0.121. The van der Waals surface area contributed by atoms with E-state index in [4.69, 9.17) is 4.74 Å². The SMILES string of the molecule is COc1ccc(CC(=O)NC(c2nc3ccccc3[nH]2)C(C)C)cc1. The van der Waals surface area contributed by atoms with Gasteiger partial charge in [-0.15, -0.1) is 0 Å². The van der Waals surface area contributed by atoms with Gasteiger partial charge in [-0.05, 0) is 35.7 Å². The van der Waals surface area contributed by atoms with Crippen LogP contribution < -0.4 is 10.1 Å². The highest BCUT2D eigenvalue weighted by Gasteiger charge is 2.21. The van der Waals surface area contributed by atoms with Crippen molar-refractivity contribution in [2.45, 2.75) is 26.3 Å². The lowest BCUT2D eigenvalue weighted by Gasteiger charge is -2.20. The molecule has 2 aromatic carbocycles. The molecule has 1 aromatic heterocycles. The summed E-state index contributed by atoms with van der Waals surface area (Å²) in [7, 11) is 1.63. The van der Waals surface area contributed by atoms with Crippen LogP contribution in [-0.4, -0.2) is 23.0 Å². The van der Waals surface area contributed by atoms with Gasteiger partial charge in [0.1, 0.15) is 11.6 Å². The smallest absolute Gasteiger partial charge is 0.225 e. The molecule has 0 aliphatic heterocycles. The van der Waals surface area contributed by atoms with Crippen molar-refractivity contribution in [1.82, 2.24) is 15.3 Å². The van der Waals surface area contributed by atoms with E-state index in [2.05, 4.69) is 29.1 Å². The molecular weight excluding hydrogens is 314 g/mol.